The van der Waals surface area contributed by atoms with E-state index in [1.54, 1.807) is 28.6 Å². The summed E-state index contributed by atoms with van der Waals surface area (Å²) in [6.07, 6.45) is 2.80. The van der Waals surface area contributed by atoms with Crippen LogP contribution < -0.4 is 4.90 Å². The van der Waals surface area contributed by atoms with Gasteiger partial charge in [0.15, 0.2) is 0 Å². The lowest BCUT2D eigenvalue weighted by atomic mass is 9.78. The number of aliphatic hydroxyl groups is 1. The van der Waals surface area contributed by atoms with E-state index in [1.807, 2.05) is 12.1 Å². The molecular weight excluding hydrogens is 396 g/mol. The Morgan fingerprint density at radius 2 is 1.61 bits per heavy atom. The van der Waals surface area contributed by atoms with Crippen molar-refractivity contribution in [1.82, 2.24) is 4.31 Å². The van der Waals surface area contributed by atoms with Crippen LogP contribution in [0.1, 0.15) is 24.8 Å². The van der Waals surface area contributed by atoms with Gasteiger partial charge in [-0.25, -0.2) is 8.42 Å². The number of nitrogens with zero attached hydrogens (tertiary/aromatic N) is 2. The van der Waals surface area contributed by atoms with E-state index < -0.39 is 10.0 Å². The molecule has 0 saturated carbocycles. The first kappa shape index (κ1) is 19.7. The van der Waals surface area contributed by atoms with Crippen LogP contribution in [-0.2, 0) is 16.6 Å². The van der Waals surface area contributed by atoms with E-state index in [-0.39, 0.29) is 21.9 Å². The van der Waals surface area contributed by atoms with Crippen molar-refractivity contribution < 1.29 is 13.5 Å². The Labute approximate surface area is 171 Å². The number of benzene rings is 2. The van der Waals surface area contributed by atoms with E-state index >= 15 is 0 Å². The second-order valence-electron chi connectivity index (χ2n) is 7.83. The lowest BCUT2D eigenvalue weighted by Crippen LogP contribution is -2.44. The van der Waals surface area contributed by atoms with Crippen LogP contribution in [-0.4, -0.2) is 44.0 Å². The molecule has 2 aromatic carbocycles. The smallest absolute Gasteiger partial charge is 0.244 e. The molecule has 7 heteroatoms. The predicted octanol–water partition coefficient (Wildman–Crippen LogP) is 3.51. The van der Waals surface area contributed by atoms with Crippen molar-refractivity contribution in [3.8, 4) is 0 Å². The summed E-state index contributed by atoms with van der Waals surface area (Å²) in [6, 6.07) is 14.7. The fourth-order valence-electron chi connectivity index (χ4n) is 4.37. The summed E-state index contributed by atoms with van der Waals surface area (Å²) in [6.45, 7) is 3.05. The van der Waals surface area contributed by atoms with Crippen LogP contribution in [0.3, 0.4) is 0 Å². The molecule has 0 unspecified atom stereocenters. The normalized spacial score (nSPS) is 20.0. The van der Waals surface area contributed by atoms with Gasteiger partial charge in [0.2, 0.25) is 10.0 Å². The van der Waals surface area contributed by atoms with Crippen LogP contribution in [0.4, 0.5) is 5.69 Å². The van der Waals surface area contributed by atoms with Gasteiger partial charge in [0.1, 0.15) is 4.90 Å². The molecule has 2 aromatic rings. The first-order chi connectivity index (χ1) is 13.4. The van der Waals surface area contributed by atoms with Gasteiger partial charge in [0.25, 0.3) is 0 Å². The van der Waals surface area contributed by atoms with Crippen molar-refractivity contribution in [2.45, 2.75) is 30.8 Å². The van der Waals surface area contributed by atoms with Gasteiger partial charge in [-0.1, -0.05) is 35.9 Å². The Balaban J connectivity index is 1.43. The van der Waals surface area contributed by atoms with Gasteiger partial charge in [0.05, 0.1) is 11.6 Å². The van der Waals surface area contributed by atoms with Gasteiger partial charge in [-0.15, -0.1) is 0 Å². The monoisotopic (exact) mass is 420 g/mol. The van der Waals surface area contributed by atoms with Gasteiger partial charge < -0.3 is 10.0 Å². The molecule has 0 bridgehead atoms. The SMILES string of the molecule is O=S(=O)(c1ccccc1Cl)N1CCC2(CCN(c3ccc(CO)cc3)C2)CC1. The zero-order chi connectivity index (χ0) is 19.8. The van der Waals surface area contributed by atoms with Gasteiger partial charge in [-0.3, -0.25) is 0 Å². The largest absolute Gasteiger partial charge is 0.392 e. The first-order valence-corrected chi connectivity index (χ1v) is 11.4. The van der Waals surface area contributed by atoms with Crippen LogP contribution in [0.2, 0.25) is 5.02 Å². The van der Waals surface area contributed by atoms with E-state index in [4.69, 9.17) is 11.6 Å². The first-order valence-electron chi connectivity index (χ1n) is 9.63. The predicted molar refractivity (Wildman–Crippen MR) is 111 cm³/mol. The zero-order valence-corrected chi connectivity index (χ0v) is 17.3. The molecule has 2 aliphatic heterocycles. The van der Waals surface area contributed by atoms with Crippen molar-refractivity contribution in [3.63, 3.8) is 0 Å². The summed E-state index contributed by atoms with van der Waals surface area (Å²) in [5.74, 6) is 0. The summed E-state index contributed by atoms with van der Waals surface area (Å²) in [5, 5.41) is 9.49. The summed E-state index contributed by atoms with van der Waals surface area (Å²) in [4.78, 5) is 2.57. The van der Waals surface area contributed by atoms with Gasteiger partial charge in [-0.05, 0) is 54.5 Å². The molecule has 5 nitrogen and oxygen atoms in total. The third kappa shape index (κ3) is 3.66. The average Bonchev–Trinajstić information content (AvgIpc) is 3.12. The van der Waals surface area contributed by atoms with Crippen molar-refractivity contribution in [2.75, 3.05) is 31.1 Å². The minimum atomic E-state index is -3.55. The molecule has 1 spiro atoms. The molecule has 2 saturated heterocycles. The highest BCUT2D eigenvalue weighted by molar-refractivity contribution is 7.89. The molecule has 2 aliphatic rings. The van der Waals surface area contributed by atoms with E-state index in [9.17, 15) is 13.5 Å². The highest BCUT2D eigenvalue weighted by Crippen LogP contribution is 2.43. The molecule has 0 aromatic heterocycles. The quantitative estimate of drug-likeness (QED) is 0.822. The molecule has 150 valence electrons. The van der Waals surface area contributed by atoms with E-state index in [1.165, 1.54) is 5.69 Å². The molecule has 0 radical (unpaired) electrons. The summed E-state index contributed by atoms with van der Waals surface area (Å²) >= 11 is 6.13. The van der Waals surface area contributed by atoms with Crippen LogP contribution in [0.15, 0.2) is 53.4 Å². The zero-order valence-electron chi connectivity index (χ0n) is 15.7. The molecule has 4 rings (SSSR count). The number of halogens is 1. The Kier molecular flexibility index (Phi) is 5.40. The summed E-state index contributed by atoms with van der Waals surface area (Å²) < 4.78 is 27.5. The van der Waals surface area contributed by atoms with Crippen molar-refractivity contribution >= 4 is 27.3 Å². The van der Waals surface area contributed by atoms with Gasteiger partial charge in [0, 0.05) is 31.9 Å². The molecule has 2 fully saturated rings. The van der Waals surface area contributed by atoms with E-state index in [0.717, 1.165) is 37.9 Å². The molecule has 28 heavy (non-hydrogen) atoms. The van der Waals surface area contributed by atoms with E-state index in [0.29, 0.717) is 13.1 Å². The maximum Gasteiger partial charge on any atom is 0.244 e. The second-order valence-corrected chi connectivity index (χ2v) is 10.1. The van der Waals surface area contributed by atoms with Gasteiger partial charge in [-0.2, -0.15) is 4.31 Å². The molecule has 0 amide bonds. The Morgan fingerprint density at radius 1 is 0.964 bits per heavy atom. The Morgan fingerprint density at radius 3 is 2.25 bits per heavy atom. The fraction of sp³-hybridized carbons (Fsp3) is 0.429. The average molecular weight is 421 g/mol. The minimum absolute atomic E-state index is 0.0555. The molecule has 1 N–H and O–H groups in total. The number of aliphatic hydroxyl groups excluding tert-OH is 1. The fourth-order valence-corrected chi connectivity index (χ4v) is 6.30. The number of hydrogen-bond acceptors (Lipinski definition) is 4. The second kappa shape index (κ2) is 7.67. The molecule has 0 atom stereocenters. The van der Waals surface area contributed by atoms with Crippen molar-refractivity contribution in [1.29, 1.82) is 0 Å². The number of hydrogen-bond donors (Lipinski definition) is 1. The maximum atomic E-state index is 13.0. The summed E-state index contributed by atoms with van der Waals surface area (Å²) in [7, 11) is -3.55. The van der Waals surface area contributed by atoms with Crippen LogP contribution in [0.5, 0.6) is 0 Å². The van der Waals surface area contributed by atoms with Crippen LogP contribution >= 0.6 is 11.6 Å². The number of anilines is 1. The molecule has 2 heterocycles. The lowest BCUT2D eigenvalue weighted by molar-refractivity contribution is 0.177. The summed E-state index contributed by atoms with van der Waals surface area (Å²) in [5.41, 5.74) is 2.25. The highest BCUT2D eigenvalue weighted by Gasteiger charge is 2.43. The molecular formula is C21H25ClN2O3S. The standard InChI is InChI=1S/C21H25ClN2O3S/c22-19-3-1-2-4-20(19)28(26,27)24-13-10-21(11-14-24)9-12-23(16-21)18-7-5-17(15-25)6-8-18/h1-8,25H,9-16H2. The third-order valence-electron chi connectivity index (χ3n) is 6.16. The lowest BCUT2D eigenvalue weighted by Gasteiger charge is -2.38. The molecule has 0 aliphatic carbocycles. The number of rotatable bonds is 4. The number of sulfonamides is 1. The van der Waals surface area contributed by atoms with Gasteiger partial charge >= 0.3 is 0 Å². The van der Waals surface area contributed by atoms with Crippen LogP contribution in [0.25, 0.3) is 0 Å². The van der Waals surface area contributed by atoms with Crippen LogP contribution in [0, 0.1) is 5.41 Å². The number of piperidine rings is 1. The maximum absolute atomic E-state index is 13.0. The third-order valence-corrected chi connectivity index (χ3v) is 8.56. The minimum Gasteiger partial charge on any atom is -0.392 e. The van der Waals surface area contributed by atoms with Crippen molar-refractivity contribution in [3.05, 3.63) is 59.1 Å². The topological polar surface area (TPSA) is 60.9 Å². The highest BCUT2D eigenvalue weighted by atomic mass is 35.5. The van der Waals surface area contributed by atoms with Crippen molar-refractivity contribution in [2.24, 2.45) is 5.41 Å². The van der Waals surface area contributed by atoms with E-state index in [2.05, 4.69) is 17.0 Å². The Hall–Kier alpha value is -1.60. The Bertz CT molecular complexity index is 938.